The minimum Gasteiger partial charge on any atom is -0.494 e. The Balaban J connectivity index is 1.73. The number of rotatable bonds is 5. The Labute approximate surface area is 169 Å². The molecule has 146 valence electrons. The number of likely N-dealkylation sites (tertiary alicyclic amines) is 1. The number of hydrogen-bond donors (Lipinski definition) is 0. The summed E-state index contributed by atoms with van der Waals surface area (Å²) in [7, 11) is 0. The lowest BCUT2D eigenvalue weighted by Crippen LogP contribution is -2.39. The van der Waals surface area contributed by atoms with Crippen molar-refractivity contribution in [2.24, 2.45) is 5.92 Å². The Hall–Kier alpha value is -2.60. The number of amides is 2. The van der Waals surface area contributed by atoms with Crippen molar-refractivity contribution < 1.29 is 14.3 Å². The number of benzene rings is 1. The largest absolute Gasteiger partial charge is 0.494 e. The number of hydrogen-bond acceptors (Lipinski definition) is 5. The molecule has 1 unspecified atom stereocenters. The summed E-state index contributed by atoms with van der Waals surface area (Å²) in [5.74, 6) is 0.756. The number of ether oxygens (including phenoxy) is 1. The molecule has 0 spiro atoms. The van der Waals surface area contributed by atoms with Crippen LogP contribution in [-0.2, 0) is 9.59 Å². The summed E-state index contributed by atoms with van der Waals surface area (Å²) in [6.45, 7) is 6.31. The second-order valence-electron chi connectivity index (χ2n) is 7.27. The van der Waals surface area contributed by atoms with Crippen LogP contribution in [0.3, 0.4) is 0 Å². The third-order valence-electron chi connectivity index (χ3n) is 5.21. The Kier molecular flexibility index (Phi) is 5.22. The smallest absolute Gasteiger partial charge is 0.282 e. The van der Waals surface area contributed by atoms with Gasteiger partial charge in [0.15, 0.2) is 0 Å². The third-order valence-corrected chi connectivity index (χ3v) is 6.09. The average molecular weight is 397 g/mol. The molecule has 2 amide bonds. The van der Waals surface area contributed by atoms with E-state index < -0.39 is 0 Å². The molecule has 1 saturated heterocycles. The molecule has 2 aliphatic rings. The summed E-state index contributed by atoms with van der Waals surface area (Å²) < 4.78 is 5.48. The molecule has 0 radical (unpaired) electrons. The molecular formula is C22H24N2O3S. The van der Waals surface area contributed by atoms with Crippen molar-refractivity contribution in [3.63, 3.8) is 0 Å². The van der Waals surface area contributed by atoms with Crippen LogP contribution < -0.4 is 9.64 Å². The van der Waals surface area contributed by atoms with Crippen LogP contribution >= 0.6 is 11.3 Å². The molecule has 0 bridgehead atoms. The van der Waals surface area contributed by atoms with Gasteiger partial charge >= 0.3 is 0 Å². The van der Waals surface area contributed by atoms with Gasteiger partial charge in [-0.2, -0.15) is 0 Å². The average Bonchev–Trinajstić information content (AvgIpc) is 3.29. The minimum absolute atomic E-state index is 0.230. The lowest BCUT2D eigenvalue weighted by molar-refractivity contribution is -0.120. The lowest BCUT2D eigenvalue weighted by atomic mass is 9.99. The van der Waals surface area contributed by atoms with Crippen molar-refractivity contribution in [3.8, 4) is 5.75 Å². The van der Waals surface area contributed by atoms with Crippen LogP contribution in [0, 0.1) is 5.92 Å². The van der Waals surface area contributed by atoms with E-state index in [1.807, 2.05) is 24.4 Å². The molecule has 1 atom stereocenters. The van der Waals surface area contributed by atoms with Crippen molar-refractivity contribution in [2.45, 2.75) is 26.7 Å². The first kappa shape index (κ1) is 18.7. The summed E-state index contributed by atoms with van der Waals surface area (Å²) in [6, 6.07) is 11.0. The van der Waals surface area contributed by atoms with Gasteiger partial charge in [0.05, 0.1) is 17.9 Å². The molecule has 2 aliphatic heterocycles. The van der Waals surface area contributed by atoms with Crippen molar-refractivity contribution in [2.75, 3.05) is 24.6 Å². The predicted molar refractivity (Wildman–Crippen MR) is 111 cm³/mol. The Bertz CT molecular complexity index is 902. The molecule has 0 N–H and O–H groups in total. The summed E-state index contributed by atoms with van der Waals surface area (Å²) in [5.41, 5.74) is 1.66. The first-order valence-corrected chi connectivity index (χ1v) is 10.6. The van der Waals surface area contributed by atoms with Crippen LogP contribution in [0.5, 0.6) is 5.75 Å². The van der Waals surface area contributed by atoms with Gasteiger partial charge in [0.25, 0.3) is 11.8 Å². The molecular weight excluding hydrogens is 372 g/mol. The molecule has 1 aromatic heterocycles. The molecule has 3 heterocycles. The van der Waals surface area contributed by atoms with E-state index in [4.69, 9.17) is 4.74 Å². The SMILES string of the molecule is CCOc1ccc(N2C(=O)C(c3cccs3)=C(N3CCCC(C)C3)C2=O)cc1. The highest BCUT2D eigenvalue weighted by Gasteiger charge is 2.43. The maximum absolute atomic E-state index is 13.4. The van der Waals surface area contributed by atoms with Gasteiger partial charge in [0.2, 0.25) is 0 Å². The van der Waals surface area contributed by atoms with Gasteiger partial charge < -0.3 is 9.64 Å². The van der Waals surface area contributed by atoms with Gasteiger partial charge in [-0.15, -0.1) is 11.3 Å². The van der Waals surface area contributed by atoms with E-state index in [1.54, 1.807) is 24.3 Å². The van der Waals surface area contributed by atoms with Crippen molar-refractivity contribution in [1.82, 2.24) is 4.90 Å². The first-order chi connectivity index (χ1) is 13.6. The molecule has 0 saturated carbocycles. The van der Waals surface area contributed by atoms with Crippen molar-refractivity contribution in [3.05, 3.63) is 52.4 Å². The number of piperidine rings is 1. The Morgan fingerprint density at radius 1 is 1.14 bits per heavy atom. The zero-order chi connectivity index (χ0) is 19.7. The number of carbonyl (C=O) groups excluding carboxylic acids is 2. The monoisotopic (exact) mass is 396 g/mol. The number of imide groups is 1. The Morgan fingerprint density at radius 3 is 2.57 bits per heavy atom. The molecule has 5 nitrogen and oxygen atoms in total. The lowest BCUT2D eigenvalue weighted by Gasteiger charge is -2.33. The van der Waals surface area contributed by atoms with Crippen LogP contribution in [0.25, 0.3) is 5.57 Å². The zero-order valence-corrected chi connectivity index (χ0v) is 17.0. The maximum Gasteiger partial charge on any atom is 0.282 e. The van der Waals surface area contributed by atoms with Gasteiger partial charge in [-0.1, -0.05) is 13.0 Å². The predicted octanol–water partition coefficient (Wildman–Crippen LogP) is 4.16. The molecule has 0 aliphatic carbocycles. The number of nitrogens with zero attached hydrogens (tertiary/aromatic N) is 2. The third kappa shape index (κ3) is 3.33. The molecule has 28 heavy (non-hydrogen) atoms. The van der Waals surface area contributed by atoms with Gasteiger partial charge in [-0.05, 0) is 61.4 Å². The highest BCUT2D eigenvalue weighted by molar-refractivity contribution is 7.11. The van der Waals surface area contributed by atoms with E-state index in [-0.39, 0.29) is 11.8 Å². The molecule has 1 aromatic carbocycles. The van der Waals surface area contributed by atoms with E-state index >= 15 is 0 Å². The Morgan fingerprint density at radius 2 is 1.93 bits per heavy atom. The quantitative estimate of drug-likeness (QED) is 0.712. The fourth-order valence-corrected chi connectivity index (χ4v) is 4.70. The topological polar surface area (TPSA) is 49.9 Å². The van der Waals surface area contributed by atoms with Gasteiger partial charge in [0, 0.05) is 18.0 Å². The highest BCUT2D eigenvalue weighted by atomic mass is 32.1. The molecule has 6 heteroatoms. The second kappa shape index (κ2) is 7.80. The van der Waals surface area contributed by atoms with Crippen LogP contribution in [0.1, 0.15) is 31.6 Å². The van der Waals surface area contributed by atoms with Gasteiger partial charge in [0.1, 0.15) is 11.4 Å². The summed E-state index contributed by atoms with van der Waals surface area (Å²) in [5, 5.41) is 1.94. The van der Waals surface area contributed by atoms with Crippen LogP contribution in [0.2, 0.25) is 0 Å². The van der Waals surface area contributed by atoms with E-state index in [0.717, 1.165) is 36.6 Å². The summed E-state index contributed by atoms with van der Waals surface area (Å²) >= 11 is 1.50. The van der Waals surface area contributed by atoms with Crippen molar-refractivity contribution in [1.29, 1.82) is 0 Å². The van der Waals surface area contributed by atoms with Crippen molar-refractivity contribution >= 4 is 34.4 Å². The van der Waals surface area contributed by atoms with Gasteiger partial charge in [-0.25, -0.2) is 4.90 Å². The highest BCUT2D eigenvalue weighted by Crippen LogP contribution is 2.38. The number of thiophene rings is 1. The molecule has 1 fully saturated rings. The second-order valence-corrected chi connectivity index (χ2v) is 8.21. The van der Waals surface area contributed by atoms with E-state index in [9.17, 15) is 9.59 Å². The van der Waals surface area contributed by atoms with Crippen LogP contribution in [0.4, 0.5) is 5.69 Å². The van der Waals surface area contributed by atoms with E-state index in [0.29, 0.717) is 29.5 Å². The number of carbonyl (C=O) groups is 2. The summed E-state index contributed by atoms with van der Waals surface area (Å²) in [4.78, 5) is 31.0. The minimum atomic E-state index is -0.246. The van der Waals surface area contributed by atoms with Crippen LogP contribution in [0.15, 0.2) is 47.5 Å². The molecule has 4 rings (SSSR count). The fourth-order valence-electron chi connectivity index (χ4n) is 3.94. The maximum atomic E-state index is 13.4. The normalized spacial score (nSPS) is 20.3. The molecule has 2 aromatic rings. The fraction of sp³-hybridized carbons (Fsp3) is 0.364. The van der Waals surface area contributed by atoms with E-state index in [1.165, 1.54) is 16.2 Å². The van der Waals surface area contributed by atoms with Crippen LogP contribution in [-0.4, -0.2) is 36.4 Å². The first-order valence-electron chi connectivity index (χ1n) is 9.75. The van der Waals surface area contributed by atoms with E-state index in [2.05, 4.69) is 11.8 Å². The number of anilines is 1. The standard InChI is InChI=1S/C22H24N2O3S/c1-3-27-17-10-8-16(9-11-17)24-21(25)19(18-7-5-13-28-18)20(22(24)26)23-12-4-6-15(2)14-23/h5,7-11,13,15H,3-4,6,12,14H2,1-2H3. The zero-order valence-electron chi connectivity index (χ0n) is 16.2. The van der Waals surface area contributed by atoms with Gasteiger partial charge in [-0.3, -0.25) is 9.59 Å². The summed E-state index contributed by atoms with van der Waals surface area (Å²) in [6.07, 6.45) is 2.19.